The number of benzene rings is 1. The predicted octanol–water partition coefficient (Wildman–Crippen LogP) is 4.10. The minimum atomic E-state index is -0.339. The minimum absolute atomic E-state index is 0. The maximum atomic E-state index is 13.1. The maximum Gasteiger partial charge on any atom is 0.219 e. The van der Waals surface area contributed by atoms with E-state index in [-0.39, 0.29) is 29.8 Å². The lowest BCUT2D eigenvalue weighted by Crippen LogP contribution is -2.37. The van der Waals surface area contributed by atoms with Crippen molar-refractivity contribution in [2.75, 3.05) is 13.1 Å². The zero-order valence-electron chi connectivity index (χ0n) is 14.5. The van der Waals surface area contributed by atoms with Gasteiger partial charge in [0.15, 0.2) is 5.96 Å². The Morgan fingerprint density at radius 2 is 2.04 bits per heavy atom. The van der Waals surface area contributed by atoms with E-state index in [1.54, 1.807) is 24.4 Å². The predicted molar refractivity (Wildman–Crippen MR) is 109 cm³/mol. The first-order valence-electron chi connectivity index (χ1n) is 8.11. The number of nitrogens with one attached hydrogen (secondary N) is 2. The molecule has 0 amide bonds. The van der Waals surface area contributed by atoms with Crippen molar-refractivity contribution in [3.8, 4) is 11.6 Å². The summed E-state index contributed by atoms with van der Waals surface area (Å²) in [7, 11) is 0. The van der Waals surface area contributed by atoms with Crippen molar-refractivity contribution in [1.29, 1.82) is 0 Å². The van der Waals surface area contributed by atoms with Crippen LogP contribution in [0.2, 0.25) is 0 Å². The van der Waals surface area contributed by atoms with Crippen LogP contribution in [0.1, 0.15) is 25.8 Å². The largest absolute Gasteiger partial charge is 0.439 e. The van der Waals surface area contributed by atoms with Gasteiger partial charge in [-0.1, -0.05) is 19.1 Å². The van der Waals surface area contributed by atoms with E-state index in [1.807, 2.05) is 13.0 Å². The van der Waals surface area contributed by atoms with E-state index in [4.69, 9.17) is 4.74 Å². The number of rotatable bonds is 7. The Morgan fingerprint density at radius 3 is 2.68 bits per heavy atom. The fourth-order valence-electron chi connectivity index (χ4n) is 1.97. The lowest BCUT2D eigenvalue weighted by atomic mass is 10.3. The van der Waals surface area contributed by atoms with E-state index >= 15 is 0 Å². The number of hydrogen-bond donors (Lipinski definition) is 2. The van der Waals surface area contributed by atoms with Crippen molar-refractivity contribution >= 4 is 29.9 Å². The fraction of sp³-hybridized carbons (Fsp3) is 0.333. The van der Waals surface area contributed by atoms with Gasteiger partial charge in [0.1, 0.15) is 11.6 Å². The van der Waals surface area contributed by atoms with Crippen LogP contribution in [0, 0.1) is 5.82 Å². The second-order valence-corrected chi connectivity index (χ2v) is 5.19. The second-order valence-electron chi connectivity index (χ2n) is 5.19. The summed E-state index contributed by atoms with van der Waals surface area (Å²) in [5, 5.41) is 6.44. The number of aromatic nitrogens is 1. The Hall–Kier alpha value is -1.90. The molecule has 1 aromatic heterocycles. The third kappa shape index (κ3) is 7.68. The van der Waals surface area contributed by atoms with Crippen LogP contribution in [0.15, 0.2) is 47.6 Å². The molecular formula is C18H24FIN4O. The minimum Gasteiger partial charge on any atom is -0.439 e. The smallest absolute Gasteiger partial charge is 0.219 e. The number of nitrogens with zero attached hydrogens (tertiary/aromatic N) is 2. The quantitative estimate of drug-likeness (QED) is 0.373. The van der Waals surface area contributed by atoms with Gasteiger partial charge >= 0.3 is 0 Å². The normalized spacial score (nSPS) is 10.8. The Labute approximate surface area is 165 Å². The molecular weight excluding hydrogens is 434 g/mol. The van der Waals surface area contributed by atoms with Gasteiger partial charge < -0.3 is 15.4 Å². The zero-order chi connectivity index (χ0) is 17.2. The molecule has 2 aromatic rings. The van der Waals surface area contributed by atoms with Crippen LogP contribution in [0.25, 0.3) is 0 Å². The second kappa shape index (κ2) is 11.6. The van der Waals surface area contributed by atoms with Gasteiger partial charge in [0, 0.05) is 31.4 Å². The van der Waals surface area contributed by atoms with E-state index in [0.717, 1.165) is 31.0 Å². The summed E-state index contributed by atoms with van der Waals surface area (Å²) in [6.07, 6.45) is 2.75. The van der Waals surface area contributed by atoms with Crippen molar-refractivity contribution in [3.05, 3.63) is 54.0 Å². The highest BCUT2D eigenvalue weighted by atomic mass is 127. The highest BCUT2D eigenvalue weighted by Gasteiger charge is 2.01. The molecule has 25 heavy (non-hydrogen) atoms. The molecule has 0 radical (unpaired) electrons. The number of pyridine rings is 1. The van der Waals surface area contributed by atoms with Gasteiger partial charge in [0.25, 0.3) is 0 Å². The number of ether oxygens (including phenoxy) is 1. The average molecular weight is 458 g/mol. The number of halogens is 2. The van der Waals surface area contributed by atoms with Gasteiger partial charge in [0.2, 0.25) is 5.88 Å². The summed E-state index contributed by atoms with van der Waals surface area (Å²) >= 11 is 0. The zero-order valence-corrected chi connectivity index (χ0v) is 16.8. The molecule has 0 saturated heterocycles. The molecule has 0 fully saturated rings. The van der Waals surface area contributed by atoms with Gasteiger partial charge in [-0.3, -0.25) is 0 Å². The van der Waals surface area contributed by atoms with Crippen molar-refractivity contribution in [2.24, 2.45) is 4.99 Å². The fourth-order valence-corrected chi connectivity index (χ4v) is 1.97. The summed E-state index contributed by atoms with van der Waals surface area (Å²) in [6.45, 7) is 6.35. The van der Waals surface area contributed by atoms with Gasteiger partial charge in [0.05, 0.1) is 6.54 Å². The van der Waals surface area contributed by atoms with E-state index < -0.39 is 0 Å². The van der Waals surface area contributed by atoms with Crippen molar-refractivity contribution in [3.63, 3.8) is 0 Å². The molecule has 1 heterocycles. The first kappa shape index (κ1) is 21.1. The lowest BCUT2D eigenvalue weighted by Gasteiger charge is -2.10. The van der Waals surface area contributed by atoms with Gasteiger partial charge in [-0.05, 0) is 31.0 Å². The highest BCUT2D eigenvalue weighted by Crippen LogP contribution is 2.20. The van der Waals surface area contributed by atoms with Gasteiger partial charge in [-0.25, -0.2) is 14.4 Å². The Balaban J connectivity index is 0.00000312. The Kier molecular flexibility index (Phi) is 9.83. The molecule has 0 aliphatic rings. The number of aliphatic imine (C=N–C) groups is 1. The molecule has 0 unspecified atom stereocenters. The van der Waals surface area contributed by atoms with Crippen molar-refractivity contribution in [1.82, 2.24) is 15.6 Å². The topological polar surface area (TPSA) is 58.5 Å². The monoisotopic (exact) mass is 458 g/mol. The Bertz CT molecular complexity index is 664. The molecule has 0 aliphatic carbocycles. The van der Waals surface area contributed by atoms with Gasteiger partial charge in [-0.2, -0.15) is 0 Å². The SMILES string of the molecule is CCCNC(=NCc1ccc(Oc2cccc(F)c2)nc1)NCC.I. The van der Waals surface area contributed by atoms with Crippen molar-refractivity contribution in [2.45, 2.75) is 26.8 Å². The third-order valence-electron chi connectivity index (χ3n) is 3.12. The standard InChI is InChI=1S/C18H23FN4O.HI/c1-3-10-21-18(20-4-2)23-13-14-8-9-17(22-12-14)24-16-7-5-6-15(19)11-16;/h5-9,11-12H,3-4,10,13H2,1-2H3,(H2,20,21,23);1H. The van der Waals surface area contributed by atoms with Crippen LogP contribution < -0.4 is 15.4 Å². The summed E-state index contributed by atoms with van der Waals surface area (Å²) in [5.41, 5.74) is 0.968. The molecule has 2 N–H and O–H groups in total. The maximum absolute atomic E-state index is 13.1. The molecule has 0 bridgehead atoms. The first-order chi connectivity index (χ1) is 11.7. The van der Waals surface area contributed by atoms with Crippen molar-refractivity contribution < 1.29 is 9.13 Å². The van der Waals surface area contributed by atoms with Crippen LogP contribution in [0.3, 0.4) is 0 Å². The molecule has 0 atom stereocenters. The number of guanidine groups is 1. The van der Waals surface area contributed by atoms with E-state index in [0.29, 0.717) is 18.2 Å². The molecule has 7 heteroatoms. The molecule has 0 spiro atoms. The third-order valence-corrected chi connectivity index (χ3v) is 3.12. The molecule has 0 aliphatic heterocycles. The highest BCUT2D eigenvalue weighted by molar-refractivity contribution is 14.0. The van der Waals surface area contributed by atoms with E-state index in [1.165, 1.54) is 12.1 Å². The molecule has 1 aromatic carbocycles. The van der Waals surface area contributed by atoms with Crippen LogP contribution >= 0.6 is 24.0 Å². The van der Waals surface area contributed by atoms with Crippen LogP contribution in [-0.4, -0.2) is 24.0 Å². The molecule has 0 saturated carbocycles. The molecule has 2 rings (SSSR count). The number of hydrogen-bond acceptors (Lipinski definition) is 3. The summed E-state index contributed by atoms with van der Waals surface area (Å²) in [5.74, 6) is 1.30. The van der Waals surface area contributed by atoms with Crippen LogP contribution in [0.4, 0.5) is 4.39 Å². The lowest BCUT2D eigenvalue weighted by molar-refractivity contribution is 0.457. The summed E-state index contributed by atoms with van der Waals surface area (Å²) < 4.78 is 18.7. The summed E-state index contributed by atoms with van der Waals surface area (Å²) in [6, 6.07) is 9.62. The Morgan fingerprint density at radius 1 is 1.20 bits per heavy atom. The molecule has 136 valence electrons. The van der Waals surface area contributed by atoms with E-state index in [2.05, 4.69) is 27.5 Å². The first-order valence-corrected chi connectivity index (χ1v) is 8.11. The van der Waals surface area contributed by atoms with Crippen LogP contribution in [-0.2, 0) is 6.54 Å². The average Bonchev–Trinajstić information content (AvgIpc) is 2.59. The molecule has 5 nitrogen and oxygen atoms in total. The van der Waals surface area contributed by atoms with Crippen LogP contribution in [0.5, 0.6) is 11.6 Å². The summed E-state index contributed by atoms with van der Waals surface area (Å²) in [4.78, 5) is 8.75. The van der Waals surface area contributed by atoms with E-state index in [9.17, 15) is 4.39 Å². The van der Waals surface area contributed by atoms with Gasteiger partial charge in [-0.15, -0.1) is 24.0 Å².